The highest BCUT2D eigenvalue weighted by molar-refractivity contribution is 6.31. The van der Waals surface area contributed by atoms with Gasteiger partial charge in [-0.2, -0.15) is 0 Å². The highest BCUT2D eigenvalue weighted by Gasteiger charge is 2.66. The number of benzene rings is 2. The van der Waals surface area contributed by atoms with Crippen molar-refractivity contribution < 1.29 is 28.6 Å². The number of nitrogens with zero attached hydrogens (tertiary/aromatic N) is 1. The number of nitrogens with one attached hydrogen (secondary N) is 3. The zero-order valence-electron chi connectivity index (χ0n) is 23.0. The molecule has 5 N–H and O–H groups in total. The lowest BCUT2D eigenvalue weighted by molar-refractivity contribution is -0.123. The fraction of sp³-hybridized carbons (Fsp3) is 0.517. The SMILES string of the molecule is CC(C)(C)C[C@H]1N[C@@H](C(=O)NCCN2C[C@@H](O)[C@H](O)C2)[C@H](c2ccc(F)c(Cl)c2)[C@@]12C(=O)Nc1cc(Cl)c(F)cc12. The van der Waals surface area contributed by atoms with Gasteiger partial charge in [0.2, 0.25) is 11.8 Å². The molecule has 0 bridgehead atoms. The summed E-state index contributed by atoms with van der Waals surface area (Å²) in [7, 11) is 0. The van der Waals surface area contributed by atoms with E-state index in [1.807, 2.05) is 25.7 Å². The number of hydrogen-bond acceptors (Lipinski definition) is 6. The lowest BCUT2D eigenvalue weighted by atomic mass is 9.62. The number of halogens is 4. The first-order valence-corrected chi connectivity index (χ1v) is 14.4. The third-order valence-corrected chi connectivity index (χ3v) is 8.93. The van der Waals surface area contributed by atoms with Crippen molar-refractivity contribution in [2.75, 3.05) is 31.5 Å². The molecule has 6 atom stereocenters. The Bertz CT molecular complexity index is 1360. The molecule has 2 amide bonds. The van der Waals surface area contributed by atoms with Gasteiger partial charge in [-0.15, -0.1) is 0 Å². The van der Waals surface area contributed by atoms with E-state index in [0.29, 0.717) is 29.8 Å². The highest BCUT2D eigenvalue weighted by atomic mass is 35.5. The highest BCUT2D eigenvalue weighted by Crippen LogP contribution is 2.57. The minimum Gasteiger partial charge on any atom is -0.389 e. The maximum absolute atomic E-state index is 15.0. The minimum atomic E-state index is -1.44. The summed E-state index contributed by atoms with van der Waals surface area (Å²) in [4.78, 5) is 29.8. The van der Waals surface area contributed by atoms with E-state index < -0.39 is 59.1 Å². The van der Waals surface area contributed by atoms with Gasteiger partial charge < -0.3 is 26.2 Å². The molecule has 41 heavy (non-hydrogen) atoms. The van der Waals surface area contributed by atoms with Crippen LogP contribution >= 0.6 is 23.2 Å². The Morgan fingerprint density at radius 3 is 2.39 bits per heavy atom. The second kappa shape index (κ2) is 11.1. The van der Waals surface area contributed by atoms with Gasteiger partial charge in [0.1, 0.15) is 17.0 Å². The molecule has 2 aromatic carbocycles. The van der Waals surface area contributed by atoms with Gasteiger partial charge in [-0.1, -0.05) is 50.0 Å². The van der Waals surface area contributed by atoms with Crippen molar-refractivity contribution in [1.29, 1.82) is 0 Å². The molecule has 1 spiro atoms. The van der Waals surface area contributed by atoms with Gasteiger partial charge in [-0.05, 0) is 47.2 Å². The number of aliphatic hydroxyl groups is 2. The van der Waals surface area contributed by atoms with E-state index in [0.717, 1.165) is 0 Å². The van der Waals surface area contributed by atoms with Gasteiger partial charge in [-0.3, -0.25) is 14.5 Å². The minimum absolute atomic E-state index is 0.146. The number of fused-ring (bicyclic) bond motifs is 2. The summed E-state index contributed by atoms with van der Waals surface area (Å²) < 4.78 is 29.3. The van der Waals surface area contributed by atoms with E-state index >= 15 is 0 Å². The van der Waals surface area contributed by atoms with Crippen molar-refractivity contribution in [2.24, 2.45) is 5.41 Å². The van der Waals surface area contributed by atoms with Crippen LogP contribution in [0.4, 0.5) is 14.5 Å². The molecule has 0 aliphatic carbocycles. The van der Waals surface area contributed by atoms with Crippen LogP contribution in [0.2, 0.25) is 10.0 Å². The van der Waals surface area contributed by atoms with E-state index in [4.69, 9.17) is 23.2 Å². The van der Waals surface area contributed by atoms with Gasteiger partial charge in [0, 0.05) is 43.8 Å². The van der Waals surface area contributed by atoms with E-state index in [1.54, 1.807) is 0 Å². The predicted molar refractivity (Wildman–Crippen MR) is 152 cm³/mol. The van der Waals surface area contributed by atoms with E-state index in [-0.39, 0.29) is 35.1 Å². The Hall–Kier alpha value is -2.34. The van der Waals surface area contributed by atoms with Crippen LogP contribution in [-0.4, -0.2) is 77.4 Å². The molecule has 3 heterocycles. The zero-order chi connectivity index (χ0) is 29.9. The lowest BCUT2D eigenvalue weighted by Crippen LogP contribution is -2.49. The van der Waals surface area contributed by atoms with E-state index in [2.05, 4.69) is 16.0 Å². The number of carbonyl (C=O) groups excluding carboxylic acids is 2. The predicted octanol–water partition coefficient (Wildman–Crippen LogP) is 3.18. The van der Waals surface area contributed by atoms with E-state index in [9.17, 15) is 28.6 Å². The topological polar surface area (TPSA) is 114 Å². The molecule has 2 aromatic rings. The maximum Gasteiger partial charge on any atom is 0.237 e. The Morgan fingerprint density at radius 2 is 1.76 bits per heavy atom. The summed E-state index contributed by atoms with van der Waals surface area (Å²) in [6.07, 6.45) is -1.24. The van der Waals surface area contributed by atoms with Crippen molar-refractivity contribution in [3.05, 3.63) is 63.1 Å². The summed E-state index contributed by atoms with van der Waals surface area (Å²) in [6, 6.07) is 5.14. The van der Waals surface area contributed by atoms with Crippen LogP contribution < -0.4 is 16.0 Å². The molecule has 3 aliphatic rings. The average molecular weight is 612 g/mol. The van der Waals surface area contributed by atoms with Crippen molar-refractivity contribution in [3.63, 3.8) is 0 Å². The number of likely N-dealkylation sites (tertiary alicyclic amines) is 1. The van der Waals surface area contributed by atoms with Crippen LogP contribution in [0, 0.1) is 17.0 Å². The van der Waals surface area contributed by atoms with Crippen molar-refractivity contribution in [2.45, 2.75) is 62.8 Å². The van der Waals surface area contributed by atoms with Gasteiger partial charge in [0.05, 0.1) is 28.3 Å². The number of β-amino-alcohol motifs (C(OH)–C–C–N with tert-alkyl or cyclic N) is 2. The molecule has 0 aromatic heterocycles. The number of aliphatic hydroxyl groups excluding tert-OH is 2. The fourth-order valence-electron chi connectivity index (χ4n) is 6.62. The molecule has 2 saturated heterocycles. The third kappa shape index (κ3) is 5.46. The van der Waals surface area contributed by atoms with Crippen LogP contribution in [-0.2, 0) is 15.0 Å². The van der Waals surface area contributed by atoms with Crippen molar-refractivity contribution in [1.82, 2.24) is 15.5 Å². The average Bonchev–Trinajstić information content (AvgIpc) is 3.47. The molecule has 2 fully saturated rings. The zero-order valence-corrected chi connectivity index (χ0v) is 24.5. The fourth-order valence-corrected chi connectivity index (χ4v) is 6.97. The van der Waals surface area contributed by atoms with Gasteiger partial charge >= 0.3 is 0 Å². The first kappa shape index (κ1) is 30.1. The van der Waals surface area contributed by atoms with Crippen molar-refractivity contribution in [3.8, 4) is 0 Å². The summed E-state index contributed by atoms with van der Waals surface area (Å²) in [6.45, 7) is 7.22. The molecular formula is C29H34Cl2F2N4O4. The van der Waals surface area contributed by atoms with Crippen LogP contribution in [0.5, 0.6) is 0 Å². The molecule has 12 heteroatoms. The van der Waals surface area contributed by atoms with Gasteiger partial charge in [-0.25, -0.2) is 8.78 Å². The lowest BCUT2D eigenvalue weighted by Gasteiger charge is -2.37. The number of carbonyl (C=O) groups is 2. The molecular weight excluding hydrogens is 577 g/mol. The Labute approximate surface area is 247 Å². The largest absolute Gasteiger partial charge is 0.389 e. The first-order chi connectivity index (χ1) is 19.2. The number of anilines is 1. The van der Waals surface area contributed by atoms with Crippen LogP contribution in [0.1, 0.15) is 44.2 Å². The third-order valence-electron chi connectivity index (χ3n) is 8.35. The normalized spacial score (nSPS) is 29.7. The Kier molecular flexibility index (Phi) is 8.12. The van der Waals surface area contributed by atoms with Gasteiger partial charge in [0.15, 0.2) is 0 Å². The smallest absolute Gasteiger partial charge is 0.237 e. The number of rotatable bonds is 6. The Balaban J connectivity index is 1.58. The Morgan fingerprint density at radius 1 is 1.10 bits per heavy atom. The summed E-state index contributed by atoms with van der Waals surface area (Å²) >= 11 is 12.3. The molecule has 3 aliphatic heterocycles. The second-order valence-corrected chi connectivity index (χ2v) is 13.2. The molecule has 5 rings (SSSR count). The molecule has 0 radical (unpaired) electrons. The molecule has 0 unspecified atom stereocenters. The quantitative estimate of drug-likeness (QED) is 0.343. The van der Waals surface area contributed by atoms with E-state index in [1.165, 1.54) is 30.3 Å². The maximum atomic E-state index is 15.0. The van der Waals surface area contributed by atoms with Crippen LogP contribution in [0.3, 0.4) is 0 Å². The molecule has 222 valence electrons. The number of amides is 2. The van der Waals surface area contributed by atoms with Crippen molar-refractivity contribution >= 4 is 40.7 Å². The first-order valence-electron chi connectivity index (χ1n) is 13.6. The summed E-state index contributed by atoms with van der Waals surface area (Å²) in [5.41, 5.74) is -0.573. The van der Waals surface area contributed by atoms with Gasteiger partial charge in [0.25, 0.3) is 0 Å². The number of hydrogen-bond donors (Lipinski definition) is 5. The monoisotopic (exact) mass is 610 g/mol. The summed E-state index contributed by atoms with van der Waals surface area (Å²) in [5.74, 6) is -3.05. The van der Waals surface area contributed by atoms with Crippen LogP contribution in [0.25, 0.3) is 0 Å². The molecule has 8 nitrogen and oxygen atoms in total. The standard InChI is InChI=1S/C29H34Cl2F2N4O4/c1-28(2,3)11-23-29(15-9-19(33)17(31)10-20(15)35-27(29)41)24(14-4-5-18(32)16(30)8-14)25(36-23)26(40)34-6-7-37-12-21(38)22(39)13-37/h4-5,8-10,21-25,36,38-39H,6-7,11-13H2,1-3H3,(H,34,40)(H,35,41)/t21-,22-,23-,24+,25-,29+/m1/s1. The second-order valence-electron chi connectivity index (χ2n) is 12.4. The molecule has 0 saturated carbocycles. The van der Waals surface area contributed by atoms with Crippen LogP contribution in [0.15, 0.2) is 30.3 Å². The summed E-state index contributed by atoms with van der Waals surface area (Å²) in [5, 5.41) is 28.5.